The molecular formula is C12H12O5. The Labute approximate surface area is 97.7 Å². The average molecular weight is 236 g/mol. The van der Waals surface area contributed by atoms with Crippen LogP contribution < -0.4 is 0 Å². The number of carbonyl (C=O) groups excluding carboxylic acids is 2. The zero-order valence-corrected chi connectivity index (χ0v) is 9.21. The van der Waals surface area contributed by atoms with Gasteiger partial charge in [0.2, 0.25) is 0 Å². The molecule has 0 aromatic heterocycles. The molecule has 0 aliphatic carbocycles. The van der Waals surface area contributed by atoms with Gasteiger partial charge in [0.05, 0.1) is 0 Å². The Hall–Kier alpha value is -2.01. The zero-order valence-electron chi connectivity index (χ0n) is 9.21. The van der Waals surface area contributed by atoms with Gasteiger partial charge in [-0.05, 0) is 11.6 Å². The maximum Gasteiger partial charge on any atom is 0.337 e. The predicted molar refractivity (Wildman–Crippen MR) is 59.0 cm³/mol. The van der Waals surface area contributed by atoms with Crippen molar-refractivity contribution >= 4 is 18.0 Å². The van der Waals surface area contributed by atoms with Crippen molar-refractivity contribution in [2.75, 3.05) is 0 Å². The number of ketones is 1. The van der Waals surface area contributed by atoms with Crippen molar-refractivity contribution in [3.63, 3.8) is 0 Å². The lowest BCUT2D eigenvalue weighted by Crippen LogP contribution is -2.12. The summed E-state index contributed by atoms with van der Waals surface area (Å²) >= 11 is 0. The van der Waals surface area contributed by atoms with Crippen molar-refractivity contribution in [2.24, 2.45) is 0 Å². The summed E-state index contributed by atoms with van der Waals surface area (Å²) in [5, 5.41) is 17.9. The molecule has 5 nitrogen and oxygen atoms in total. The van der Waals surface area contributed by atoms with Gasteiger partial charge in [-0.3, -0.25) is 9.59 Å². The lowest BCUT2D eigenvalue weighted by Gasteiger charge is -2.08. The van der Waals surface area contributed by atoms with Crippen LogP contribution in [0, 0.1) is 0 Å². The molecule has 0 radical (unpaired) electrons. The van der Waals surface area contributed by atoms with E-state index < -0.39 is 12.1 Å². The molecule has 0 aliphatic rings. The predicted octanol–water partition coefficient (Wildman–Crippen LogP) is 1.21. The van der Waals surface area contributed by atoms with Crippen molar-refractivity contribution in [3.8, 4) is 0 Å². The Kier molecular flexibility index (Phi) is 4.12. The van der Waals surface area contributed by atoms with Gasteiger partial charge in [-0.15, -0.1) is 0 Å². The Bertz CT molecular complexity index is 464. The minimum absolute atomic E-state index is 0.0762. The minimum Gasteiger partial charge on any atom is -0.479 e. The third kappa shape index (κ3) is 2.76. The van der Waals surface area contributed by atoms with Crippen molar-refractivity contribution in [1.29, 1.82) is 0 Å². The van der Waals surface area contributed by atoms with E-state index in [0.717, 1.165) is 0 Å². The number of carbonyl (C=O) groups is 3. The summed E-state index contributed by atoms with van der Waals surface area (Å²) in [6.45, 7) is 1.66. The molecule has 0 aliphatic heterocycles. The Morgan fingerprint density at radius 2 is 2.06 bits per heavy atom. The van der Waals surface area contributed by atoms with E-state index in [1.54, 1.807) is 6.92 Å². The van der Waals surface area contributed by atoms with E-state index in [1.807, 2.05) is 0 Å². The average Bonchev–Trinajstić information content (AvgIpc) is 2.35. The van der Waals surface area contributed by atoms with E-state index in [2.05, 4.69) is 0 Å². The van der Waals surface area contributed by atoms with Gasteiger partial charge in [0.25, 0.3) is 0 Å². The van der Waals surface area contributed by atoms with Gasteiger partial charge in [-0.2, -0.15) is 0 Å². The molecule has 0 saturated heterocycles. The summed E-state index contributed by atoms with van der Waals surface area (Å²) in [5.74, 6) is -1.61. The van der Waals surface area contributed by atoms with Crippen LogP contribution in [0.4, 0.5) is 0 Å². The van der Waals surface area contributed by atoms with Crippen molar-refractivity contribution in [3.05, 3.63) is 34.9 Å². The van der Waals surface area contributed by atoms with E-state index >= 15 is 0 Å². The number of aliphatic hydroxyl groups excluding tert-OH is 1. The second-order valence-electron chi connectivity index (χ2n) is 3.48. The monoisotopic (exact) mass is 236 g/mol. The molecule has 17 heavy (non-hydrogen) atoms. The summed E-state index contributed by atoms with van der Waals surface area (Å²) in [5.41, 5.74) is 0.408. The van der Waals surface area contributed by atoms with E-state index in [-0.39, 0.29) is 28.9 Å². The first-order valence-corrected chi connectivity index (χ1v) is 5.04. The van der Waals surface area contributed by atoms with Gasteiger partial charge in [0.15, 0.2) is 18.2 Å². The molecule has 0 spiro atoms. The second kappa shape index (κ2) is 5.36. The van der Waals surface area contributed by atoms with E-state index in [1.165, 1.54) is 18.2 Å². The van der Waals surface area contributed by atoms with Crippen molar-refractivity contribution in [1.82, 2.24) is 0 Å². The maximum atomic E-state index is 11.5. The number of hydrogen-bond donors (Lipinski definition) is 2. The molecule has 90 valence electrons. The lowest BCUT2D eigenvalue weighted by molar-refractivity contribution is -0.146. The molecular weight excluding hydrogens is 224 g/mol. The Morgan fingerprint density at radius 3 is 2.53 bits per heavy atom. The quantitative estimate of drug-likeness (QED) is 0.592. The molecule has 2 N–H and O–H groups in total. The largest absolute Gasteiger partial charge is 0.479 e. The van der Waals surface area contributed by atoms with Crippen LogP contribution in [0.1, 0.15) is 45.7 Å². The van der Waals surface area contributed by atoms with Crippen molar-refractivity contribution in [2.45, 2.75) is 19.4 Å². The third-order valence-corrected chi connectivity index (χ3v) is 2.37. The summed E-state index contributed by atoms with van der Waals surface area (Å²) in [7, 11) is 0. The molecule has 0 saturated carbocycles. The van der Waals surface area contributed by atoms with Crippen LogP contribution in [0.15, 0.2) is 18.2 Å². The summed E-state index contributed by atoms with van der Waals surface area (Å²) in [6, 6.07) is 3.90. The fourth-order valence-corrected chi connectivity index (χ4v) is 1.44. The number of carboxylic acid groups (broad SMARTS) is 1. The highest BCUT2D eigenvalue weighted by molar-refractivity contribution is 6.02. The number of carboxylic acids is 1. The fraction of sp³-hybridized carbons (Fsp3) is 0.250. The van der Waals surface area contributed by atoms with E-state index in [4.69, 9.17) is 5.11 Å². The van der Waals surface area contributed by atoms with E-state index in [0.29, 0.717) is 6.29 Å². The van der Waals surface area contributed by atoms with Gasteiger partial charge in [-0.1, -0.05) is 19.1 Å². The minimum atomic E-state index is -1.69. The molecule has 0 amide bonds. The van der Waals surface area contributed by atoms with Crippen LogP contribution in [-0.4, -0.2) is 28.3 Å². The summed E-state index contributed by atoms with van der Waals surface area (Å²) in [6.07, 6.45) is -0.970. The molecule has 1 atom stereocenters. The Balaban J connectivity index is 3.21. The second-order valence-corrected chi connectivity index (χ2v) is 3.48. The standard InChI is InChI=1S/C12H12O5/c1-2-10(14)9-4-3-7(5-8(9)6-13)11(15)12(16)17/h3-6,11,15H,2H2,1H3,(H,16,17). The number of aliphatic carboxylic acids is 1. The van der Waals surface area contributed by atoms with Crippen LogP contribution in [-0.2, 0) is 4.79 Å². The molecule has 1 aromatic carbocycles. The summed E-state index contributed by atoms with van der Waals surface area (Å²) < 4.78 is 0. The molecule has 1 unspecified atom stereocenters. The molecule has 0 bridgehead atoms. The van der Waals surface area contributed by atoms with Gasteiger partial charge < -0.3 is 10.2 Å². The molecule has 1 rings (SSSR count). The molecule has 5 heteroatoms. The number of aldehydes is 1. The van der Waals surface area contributed by atoms with Crippen LogP contribution in [0.5, 0.6) is 0 Å². The van der Waals surface area contributed by atoms with Crippen molar-refractivity contribution < 1.29 is 24.6 Å². The highest BCUT2D eigenvalue weighted by atomic mass is 16.4. The number of aliphatic hydroxyl groups is 1. The van der Waals surface area contributed by atoms with Gasteiger partial charge in [0.1, 0.15) is 0 Å². The first-order chi connectivity index (χ1) is 8.01. The fourth-order valence-electron chi connectivity index (χ4n) is 1.44. The molecule has 0 fully saturated rings. The number of hydrogen-bond acceptors (Lipinski definition) is 4. The first-order valence-electron chi connectivity index (χ1n) is 5.04. The normalized spacial score (nSPS) is 11.9. The molecule has 0 heterocycles. The lowest BCUT2D eigenvalue weighted by atomic mass is 9.98. The smallest absolute Gasteiger partial charge is 0.337 e. The first kappa shape index (κ1) is 13.1. The number of Topliss-reactive ketones (excluding diaryl/α,β-unsaturated/α-hetero) is 1. The SMILES string of the molecule is CCC(=O)c1ccc(C(O)C(=O)O)cc1C=O. The third-order valence-electron chi connectivity index (χ3n) is 2.37. The van der Waals surface area contributed by atoms with Crippen LogP contribution >= 0.6 is 0 Å². The van der Waals surface area contributed by atoms with E-state index in [9.17, 15) is 19.5 Å². The van der Waals surface area contributed by atoms with Crippen LogP contribution in [0.2, 0.25) is 0 Å². The van der Waals surface area contributed by atoms with Crippen LogP contribution in [0.3, 0.4) is 0 Å². The highest BCUT2D eigenvalue weighted by Crippen LogP contribution is 2.18. The van der Waals surface area contributed by atoms with Crippen LogP contribution in [0.25, 0.3) is 0 Å². The topological polar surface area (TPSA) is 91.7 Å². The summed E-state index contributed by atoms with van der Waals surface area (Å²) in [4.78, 5) is 32.9. The van der Waals surface area contributed by atoms with Gasteiger partial charge >= 0.3 is 5.97 Å². The zero-order chi connectivity index (χ0) is 13.0. The number of rotatable bonds is 5. The van der Waals surface area contributed by atoms with Gasteiger partial charge in [-0.25, -0.2) is 4.79 Å². The Morgan fingerprint density at radius 1 is 1.41 bits per heavy atom. The molecule has 1 aromatic rings. The van der Waals surface area contributed by atoms with Gasteiger partial charge in [0, 0.05) is 17.5 Å². The maximum absolute atomic E-state index is 11.5. The highest BCUT2D eigenvalue weighted by Gasteiger charge is 2.18. The number of benzene rings is 1.